The Labute approximate surface area is 127 Å². The van der Waals surface area contributed by atoms with E-state index in [9.17, 15) is 35.5 Å². The van der Waals surface area contributed by atoms with E-state index in [2.05, 4.69) is 0 Å². The van der Waals surface area contributed by atoms with Crippen molar-refractivity contribution >= 4 is 34.8 Å². The van der Waals surface area contributed by atoms with E-state index in [-0.39, 0.29) is 0 Å². The van der Waals surface area contributed by atoms with Crippen LogP contribution in [-0.4, -0.2) is 24.3 Å². The summed E-state index contributed by atoms with van der Waals surface area (Å²) < 4.78 is 89.1. The fourth-order valence-electron chi connectivity index (χ4n) is 1.15. The molecular weight excluding hydrogens is 370 g/mol. The molecule has 0 aliphatic rings. The lowest BCUT2D eigenvalue weighted by Gasteiger charge is -2.25. The summed E-state index contributed by atoms with van der Waals surface area (Å²) in [7, 11) is 0. The van der Waals surface area contributed by atoms with Crippen molar-refractivity contribution in [2.24, 2.45) is 0 Å². The molecule has 0 saturated carbocycles. The number of carbonyl (C=O) groups excluding carboxylic acids is 1. The predicted molar refractivity (Wildman–Crippen MR) is 62.1 cm³/mol. The zero-order chi connectivity index (χ0) is 17.3. The fraction of sp³-hybridized carbons (Fsp3) is 0.300. The normalized spacial score (nSPS) is 13.1. The van der Waals surface area contributed by atoms with Crippen molar-refractivity contribution in [3.05, 3.63) is 28.2 Å². The molecule has 0 unspecified atom stereocenters. The maximum absolute atomic E-state index is 13.2. The molecule has 0 fully saturated rings. The molecule has 0 heterocycles. The monoisotopic (exact) mass is 373 g/mol. The number of ether oxygens (including phenoxy) is 1. The second kappa shape index (κ2) is 6.09. The summed E-state index contributed by atoms with van der Waals surface area (Å²) in [4.78, 5) is 11.2. The van der Waals surface area contributed by atoms with Crippen LogP contribution in [0.1, 0.15) is 0 Å². The first-order valence-corrected chi connectivity index (χ1v) is 5.81. The highest BCUT2D eigenvalue weighted by molar-refractivity contribution is 6.39. The number of rotatable bonds is 4. The van der Waals surface area contributed by atoms with Gasteiger partial charge in [0.2, 0.25) is 0 Å². The maximum atomic E-state index is 13.2. The van der Waals surface area contributed by atoms with E-state index >= 15 is 0 Å². The van der Waals surface area contributed by atoms with E-state index in [1.165, 1.54) is 11.4 Å². The maximum Gasteiger partial charge on any atom is 0.527 e. The number of anilines is 1. The number of nitrogens with one attached hydrogen (secondary N) is 1. The van der Waals surface area contributed by atoms with Crippen LogP contribution in [0.3, 0.4) is 0 Å². The number of halogens is 9. The average molecular weight is 374 g/mol. The molecular formula is C10H4Cl2F7NO2. The minimum Gasteiger partial charge on any atom is -0.318 e. The van der Waals surface area contributed by atoms with Gasteiger partial charge in [0.25, 0.3) is 0 Å². The van der Waals surface area contributed by atoms with Gasteiger partial charge in [0.05, 0.1) is 15.7 Å². The molecule has 22 heavy (non-hydrogen) atoms. The molecule has 0 radical (unpaired) electrons. The number of para-hydroxylation sites is 1. The lowest BCUT2D eigenvalue weighted by Crippen LogP contribution is -2.53. The second-order valence-corrected chi connectivity index (χ2v) is 4.50. The van der Waals surface area contributed by atoms with Gasteiger partial charge in [0.1, 0.15) is 0 Å². The minimum absolute atomic E-state index is 0.392. The van der Waals surface area contributed by atoms with Crippen LogP contribution in [0.2, 0.25) is 10.0 Å². The lowest BCUT2D eigenvalue weighted by molar-refractivity contribution is -0.457. The predicted octanol–water partition coefficient (Wildman–Crippen LogP) is 4.70. The summed E-state index contributed by atoms with van der Waals surface area (Å²) >= 11 is 11.0. The van der Waals surface area contributed by atoms with Gasteiger partial charge in [-0.2, -0.15) is 17.6 Å². The van der Waals surface area contributed by atoms with Crippen molar-refractivity contribution in [1.29, 1.82) is 0 Å². The lowest BCUT2D eigenvalue weighted by atomic mass is 10.2. The molecule has 0 spiro atoms. The van der Waals surface area contributed by atoms with Crippen molar-refractivity contribution in [2.45, 2.75) is 18.4 Å². The minimum atomic E-state index is -6.14. The third kappa shape index (κ3) is 4.14. The molecule has 1 rings (SSSR count). The van der Waals surface area contributed by atoms with Gasteiger partial charge in [-0.1, -0.05) is 29.3 Å². The zero-order valence-electron chi connectivity index (χ0n) is 9.95. The Morgan fingerprint density at radius 1 is 1.00 bits per heavy atom. The van der Waals surface area contributed by atoms with E-state index in [0.717, 1.165) is 12.1 Å². The van der Waals surface area contributed by atoms with E-state index in [1.807, 2.05) is 4.74 Å². The molecule has 124 valence electrons. The standard InChI is InChI=1S/C10H4Cl2F7NO2/c11-4-2-1-3-5(12)6(4)20-7(21)8(13,14)9(15,16)22-10(17,18)19/h1-3H,(H,20,21). The summed E-state index contributed by atoms with van der Waals surface area (Å²) in [5, 5.41) is 0.447. The van der Waals surface area contributed by atoms with Gasteiger partial charge in [-0.05, 0) is 12.1 Å². The first kappa shape index (κ1) is 18.8. The summed E-state index contributed by atoms with van der Waals surface area (Å²) in [6.07, 6.45) is -12.2. The van der Waals surface area contributed by atoms with Crippen LogP contribution in [0.4, 0.5) is 36.4 Å². The molecule has 0 atom stereocenters. The summed E-state index contributed by atoms with van der Waals surface area (Å²) in [6.45, 7) is 0. The molecule has 0 saturated heterocycles. The molecule has 12 heteroatoms. The quantitative estimate of drug-likeness (QED) is 0.777. The molecule has 1 aromatic carbocycles. The van der Waals surface area contributed by atoms with Gasteiger partial charge in [-0.15, -0.1) is 13.2 Å². The molecule has 1 aromatic rings. The van der Waals surface area contributed by atoms with Crippen LogP contribution in [-0.2, 0) is 9.53 Å². The molecule has 1 N–H and O–H groups in total. The first-order valence-electron chi connectivity index (χ1n) is 5.06. The summed E-state index contributed by atoms with van der Waals surface area (Å²) in [6, 6.07) is 3.40. The molecule has 0 bridgehead atoms. The van der Waals surface area contributed by atoms with E-state index in [1.54, 1.807) is 0 Å². The van der Waals surface area contributed by atoms with E-state index < -0.39 is 40.0 Å². The van der Waals surface area contributed by atoms with E-state index in [0.29, 0.717) is 0 Å². The average Bonchev–Trinajstić information content (AvgIpc) is 2.30. The topological polar surface area (TPSA) is 38.3 Å². The van der Waals surface area contributed by atoms with Crippen molar-refractivity contribution in [1.82, 2.24) is 0 Å². The van der Waals surface area contributed by atoms with Crippen LogP contribution >= 0.6 is 23.2 Å². The molecule has 0 aliphatic carbocycles. The Morgan fingerprint density at radius 2 is 1.45 bits per heavy atom. The highest BCUT2D eigenvalue weighted by Crippen LogP contribution is 2.41. The van der Waals surface area contributed by atoms with Crippen LogP contribution in [0.15, 0.2) is 18.2 Å². The van der Waals surface area contributed by atoms with Crippen LogP contribution in [0.25, 0.3) is 0 Å². The molecule has 3 nitrogen and oxygen atoms in total. The smallest absolute Gasteiger partial charge is 0.318 e. The van der Waals surface area contributed by atoms with Crippen molar-refractivity contribution < 1.29 is 40.3 Å². The van der Waals surface area contributed by atoms with Crippen LogP contribution in [0, 0.1) is 0 Å². The van der Waals surface area contributed by atoms with Crippen molar-refractivity contribution in [3.8, 4) is 0 Å². The third-order valence-corrected chi connectivity index (χ3v) is 2.73. The Hall–Kier alpha value is -1.26. The van der Waals surface area contributed by atoms with E-state index in [4.69, 9.17) is 23.2 Å². The van der Waals surface area contributed by atoms with Crippen molar-refractivity contribution in [2.75, 3.05) is 5.32 Å². The van der Waals surface area contributed by atoms with Crippen LogP contribution in [0.5, 0.6) is 0 Å². The number of carbonyl (C=O) groups is 1. The van der Waals surface area contributed by atoms with Crippen molar-refractivity contribution in [3.63, 3.8) is 0 Å². The molecule has 0 aliphatic heterocycles. The second-order valence-electron chi connectivity index (χ2n) is 3.69. The largest absolute Gasteiger partial charge is 0.527 e. The number of hydrogen-bond donors (Lipinski definition) is 1. The molecule has 0 aromatic heterocycles. The van der Waals surface area contributed by atoms with Gasteiger partial charge in [0.15, 0.2) is 0 Å². The first-order chi connectivity index (χ1) is 9.78. The SMILES string of the molecule is O=C(Nc1c(Cl)cccc1Cl)C(F)(F)C(F)(F)OC(F)(F)F. The van der Waals surface area contributed by atoms with Gasteiger partial charge < -0.3 is 5.32 Å². The third-order valence-electron chi connectivity index (χ3n) is 2.10. The molecule has 1 amide bonds. The Bertz CT molecular complexity index is 557. The highest BCUT2D eigenvalue weighted by Gasteiger charge is 2.67. The summed E-state index contributed by atoms with van der Waals surface area (Å²) in [5.41, 5.74) is -0.668. The Morgan fingerprint density at radius 3 is 1.86 bits per heavy atom. The van der Waals surface area contributed by atoms with Crippen LogP contribution < -0.4 is 5.32 Å². The Kier molecular flexibility index (Phi) is 5.20. The fourth-order valence-corrected chi connectivity index (χ4v) is 1.64. The Balaban J connectivity index is 3.05. The van der Waals surface area contributed by atoms with Gasteiger partial charge in [0, 0.05) is 0 Å². The number of alkyl halides is 7. The zero-order valence-corrected chi connectivity index (χ0v) is 11.5. The van der Waals surface area contributed by atoms with Gasteiger partial charge >= 0.3 is 24.3 Å². The highest BCUT2D eigenvalue weighted by atomic mass is 35.5. The van der Waals surface area contributed by atoms with Gasteiger partial charge in [-0.3, -0.25) is 4.79 Å². The number of hydrogen-bond acceptors (Lipinski definition) is 2. The van der Waals surface area contributed by atoms with Gasteiger partial charge in [-0.25, -0.2) is 4.74 Å². The number of benzene rings is 1. The summed E-state index contributed by atoms with van der Waals surface area (Å²) in [5.74, 6) is -8.62. The number of amides is 1.